The van der Waals surface area contributed by atoms with Gasteiger partial charge in [-0.2, -0.15) is 0 Å². The van der Waals surface area contributed by atoms with Crippen molar-refractivity contribution in [2.75, 3.05) is 21.3 Å². The van der Waals surface area contributed by atoms with Crippen molar-refractivity contribution in [1.29, 1.82) is 0 Å². The standard InChI is InChI=1S/C22H13Cl2FN4O2.C22H14F2N4O2/c23-16-4-2-14(11-17(16)24)29-22(31)28-13-3-5-18(25)15(10-13)21(30)12-1-6-19-20(9-12)27-8-7-26-19;23-14-2-1-3-15(11-14)27-22(30)28-16-5-6-18(24)17(12-16)21(29)13-4-7-19-20(10-13)26-9-8-25-19/h1-11H,(H2,28,29,31);1-12H,(H2,27,28,30). The third kappa shape index (κ3) is 10.3. The lowest BCUT2D eigenvalue weighted by Gasteiger charge is -2.10. The summed E-state index contributed by atoms with van der Waals surface area (Å²) in [5.41, 5.74) is 3.47. The number of aromatic nitrogens is 4. The van der Waals surface area contributed by atoms with Crippen molar-refractivity contribution >= 4 is 91.6 Å². The lowest BCUT2D eigenvalue weighted by atomic mass is 10.0. The van der Waals surface area contributed by atoms with Gasteiger partial charge < -0.3 is 21.3 Å². The van der Waals surface area contributed by atoms with Crippen LogP contribution in [0.1, 0.15) is 31.8 Å². The summed E-state index contributed by atoms with van der Waals surface area (Å²) in [6, 6.07) is 25.6. The lowest BCUT2D eigenvalue weighted by Crippen LogP contribution is -2.20. The van der Waals surface area contributed by atoms with Crippen LogP contribution in [0.5, 0.6) is 0 Å². The zero-order valence-corrected chi connectivity index (χ0v) is 32.6. The van der Waals surface area contributed by atoms with Gasteiger partial charge in [0.15, 0.2) is 11.6 Å². The van der Waals surface area contributed by atoms with Crippen LogP contribution in [0, 0.1) is 17.5 Å². The van der Waals surface area contributed by atoms with Gasteiger partial charge in [-0.3, -0.25) is 29.5 Å². The second-order valence-electron chi connectivity index (χ2n) is 12.9. The van der Waals surface area contributed by atoms with E-state index in [9.17, 15) is 32.3 Å². The van der Waals surface area contributed by atoms with Crippen LogP contribution in [0.2, 0.25) is 10.0 Å². The number of carbonyl (C=O) groups is 4. The second kappa shape index (κ2) is 18.4. The summed E-state index contributed by atoms with van der Waals surface area (Å²) < 4.78 is 41.9. The van der Waals surface area contributed by atoms with Crippen LogP contribution < -0.4 is 21.3 Å². The molecule has 0 fully saturated rings. The molecule has 0 unspecified atom stereocenters. The fourth-order valence-electron chi connectivity index (χ4n) is 5.80. The highest BCUT2D eigenvalue weighted by atomic mass is 35.5. The molecule has 0 saturated heterocycles. The van der Waals surface area contributed by atoms with Crippen molar-refractivity contribution in [1.82, 2.24) is 19.9 Å². The fraction of sp³-hybridized carbons (Fsp3) is 0. The normalized spacial score (nSPS) is 10.6. The molecule has 0 atom stereocenters. The minimum absolute atomic E-state index is 0.185. The molecule has 302 valence electrons. The number of nitrogens with one attached hydrogen (secondary N) is 4. The van der Waals surface area contributed by atoms with E-state index in [4.69, 9.17) is 23.2 Å². The van der Waals surface area contributed by atoms with Crippen molar-refractivity contribution in [3.8, 4) is 0 Å². The highest BCUT2D eigenvalue weighted by molar-refractivity contribution is 6.42. The molecule has 12 nitrogen and oxygen atoms in total. The predicted molar refractivity (Wildman–Crippen MR) is 227 cm³/mol. The minimum atomic E-state index is -0.727. The van der Waals surface area contributed by atoms with Crippen molar-refractivity contribution in [3.63, 3.8) is 0 Å². The SMILES string of the molecule is O=C(Nc1ccc(Cl)c(Cl)c1)Nc1ccc(F)c(C(=O)c2ccc3nccnc3c2)c1.O=C(Nc1cccc(F)c1)Nc1ccc(F)c(C(=O)c2ccc3nccnc3c2)c1. The highest BCUT2D eigenvalue weighted by Crippen LogP contribution is 2.26. The van der Waals surface area contributed by atoms with Gasteiger partial charge in [-0.25, -0.2) is 22.8 Å². The van der Waals surface area contributed by atoms with Gasteiger partial charge in [0, 0.05) is 58.7 Å². The maximum Gasteiger partial charge on any atom is 0.323 e. The van der Waals surface area contributed by atoms with Crippen LogP contribution in [0.4, 0.5) is 45.5 Å². The molecule has 2 heterocycles. The predicted octanol–water partition coefficient (Wildman–Crippen LogP) is 10.7. The van der Waals surface area contributed by atoms with Gasteiger partial charge in [-0.1, -0.05) is 29.3 Å². The molecule has 6 aromatic carbocycles. The van der Waals surface area contributed by atoms with Gasteiger partial charge in [0.1, 0.15) is 17.5 Å². The largest absolute Gasteiger partial charge is 0.323 e. The Bertz CT molecular complexity index is 3010. The number of benzene rings is 6. The van der Waals surface area contributed by atoms with E-state index < -0.39 is 41.1 Å². The number of rotatable bonds is 8. The number of carbonyl (C=O) groups excluding carboxylic acids is 4. The quantitative estimate of drug-likeness (QED) is 0.110. The summed E-state index contributed by atoms with van der Waals surface area (Å²) in [7, 11) is 0. The molecule has 0 spiro atoms. The zero-order valence-electron chi connectivity index (χ0n) is 31.1. The number of fused-ring (bicyclic) bond motifs is 2. The van der Waals surface area contributed by atoms with Gasteiger partial charge >= 0.3 is 12.1 Å². The molecule has 0 saturated carbocycles. The molecule has 8 rings (SSSR count). The van der Waals surface area contributed by atoms with E-state index in [0.29, 0.717) is 32.8 Å². The maximum absolute atomic E-state index is 14.4. The number of hydrogen-bond acceptors (Lipinski definition) is 8. The van der Waals surface area contributed by atoms with Crippen LogP contribution in [-0.2, 0) is 0 Å². The molecule has 8 aromatic rings. The maximum atomic E-state index is 14.4. The molecule has 0 bridgehead atoms. The lowest BCUT2D eigenvalue weighted by molar-refractivity contribution is 0.102. The number of amides is 4. The first-order valence-corrected chi connectivity index (χ1v) is 18.6. The van der Waals surface area contributed by atoms with Gasteiger partial charge in [0.2, 0.25) is 0 Å². The molecular formula is C44H27Cl2F3N8O4. The number of hydrogen-bond donors (Lipinski definition) is 4. The van der Waals surface area contributed by atoms with E-state index in [-0.39, 0.29) is 44.3 Å². The number of halogens is 5. The summed E-state index contributed by atoms with van der Waals surface area (Å²) in [5.74, 6) is -3.04. The number of ketones is 2. The van der Waals surface area contributed by atoms with E-state index in [2.05, 4.69) is 41.2 Å². The minimum Gasteiger partial charge on any atom is -0.308 e. The molecule has 2 aromatic heterocycles. The average Bonchev–Trinajstić information content (AvgIpc) is 3.25. The Hall–Kier alpha value is -7.75. The molecule has 0 aliphatic carbocycles. The topological polar surface area (TPSA) is 168 Å². The Kier molecular flexibility index (Phi) is 12.5. The molecule has 0 aliphatic heterocycles. The first-order chi connectivity index (χ1) is 29.4. The molecule has 4 N–H and O–H groups in total. The zero-order chi connectivity index (χ0) is 43.0. The summed E-state index contributed by atoms with van der Waals surface area (Å²) in [6.07, 6.45) is 6.09. The number of anilines is 4. The molecule has 4 amide bonds. The van der Waals surface area contributed by atoms with E-state index in [1.54, 1.807) is 42.6 Å². The summed E-state index contributed by atoms with van der Waals surface area (Å²) in [4.78, 5) is 66.7. The monoisotopic (exact) mass is 858 g/mol. The Morgan fingerprint density at radius 2 is 0.852 bits per heavy atom. The van der Waals surface area contributed by atoms with Crippen molar-refractivity contribution < 1.29 is 32.3 Å². The molecule has 17 heteroatoms. The second-order valence-corrected chi connectivity index (χ2v) is 13.7. The first-order valence-electron chi connectivity index (χ1n) is 17.9. The van der Waals surface area contributed by atoms with E-state index in [1.807, 2.05) is 0 Å². The van der Waals surface area contributed by atoms with Gasteiger partial charge in [-0.15, -0.1) is 0 Å². The Labute approximate surface area is 353 Å². The third-order valence-corrected chi connectivity index (χ3v) is 9.40. The Morgan fingerprint density at radius 3 is 1.31 bits per heavy atom. The molecule has 0 radical (unpaired) electrons. The van der Waals surface area contributed by atoms with Crippen LogP contribution >= 0.6 is 23.2 Å². The highest BCUT2D eigenvalue weighted by Gasteiger charge is 2.18. The summed E-state index contributed by atoms with van der Waals surface area (Å²) >= 11 is 11.8. The summed E-state index contributed by atoms with van der Waals surface area (Å²) in [6.45, 7) is 0. The van der Waals surface area contributed by atoms with Crippen LogP contribution in [-0.4, -0.2) is 43.6 Å². The van der Waals surface area contributed by atoms with Crippen LogP contribution in [0.15, 0.2) is 140 Å². The fourth-order valence-corrected chi connectivity index (χ4v) is 6.10. The third-order valence-electron chi connectivity index (χ3n) is 8.66. The van der Waals surface area contributed by atoms with E-state index >= 15 is 0 Å². The Balaban J connectivity index is 0.000000184. The molecular weight excluding hydrogens is 832 g/mol. The molecule has 0 aliphatic rings. The molecule has 61 heavy (non-hydrogen) atoms. The van der Waals surface area contributed by atoms with Crippen molar-refractivity contribution in [3.05, 3.63) is 190 Å². The van der Waals surface area contributed by atoms with Crippen molar-refractivity contribution in [2.24, 2.45) is 0 Å². The number of nitrogens with zero attached hydrogens (tertiary/aromatic N) is 4. The van der Waals surface area contributed by atoms with Crippen LogP contribution in [0.3, 0.4) is 0 Å². The average molecular weight is 860 g/mol. The number of urea groups is 2. The first kappa shape index (κ1) is 41.4. The van der Waals surface area contributed by atoms with E-state index in [0.717, 1.165) is 18.2 Å². The van der Waals surface area contributed by atoms with Gasteiger partial charge in [0.25, 0.3) is 0 Å². The van der Waals surface area contributed by atoms with Gasteiger partial charge in [0.05, 0.1) is 43.2 Å². The smallest absolute Gasteiger partial charge is 0.308 e. The van der Waals surface area contributed by atoms with Crippen molar-refractivity contribution in [2.45, 2.75) is 0 Å². The summed E-state index contributed by atoms with van der Waals surface area (Å²) in [5, 5.41) is 10.8. The Morgan fingerprint density at radius 1 is 0.426 bits per heavy atom. The van der Waals surface area contributed by atoms with E-state index in [1.165, 1.54) is 79.3 Å². The van der Waals surface area contributed by atoms with Gasteiger partial charge in [-0.05, 0) is 109 Å². The van der Waals surface area contributed by atoms with Crippen LogP contribution in [0.25, 0.3) is 22.1 Å².